The quantitative estimate of drug-likeness (QED) is 0.584. The number of carbonyl (C=O) groups excluding carboxylic acids is 1. The van der Waals surface area contributed by atoms with Crippen LogP contribution in [0.25, 0.3) is 0 Å². The van der Waals surface area contributed by atoms with Gasteiger partial charge in [0.05, 0.1) is 6.61 Å². The van der Waals surface area contributed by atoms with Crippen LogP contribution < -0.4 is 4.74 Å². The smallest absolute Gasteiger partial charge is 0.303 e. The van der Waals surface area contributed by atoms with Crippen LogP contribution in [0.4, 0.5) is 0 Å². The molecule has 0 saturated heterocycles. The molecular weight excluding hydrogens is 256 g/mol. The zero-order chi connectivity index (χ0) is 15.1. The summed E-state index contributed by atoms with van der Waals surface area (Å²) >= 11 is 0. The number of hydrogen-bond acceptors (Lipinski definition) is 3. The molecule has 0 bridgehead atoms. The van der Waals surface area contributed by atoms with Crippen molar-refractivity contribution in [1.29, 1.82) is 0 Å². The second-order valence-electron chi connectivity index (χ2n) is 5.19. The van der Waals surface area contributed by atoms with Crippen molar-refractivity contribution >= 4 is 11.8 Å². The molecule has 0 spiro atoms. The lowest BCUT2D eigenvalue weighted by Crippen LogP contribution is -2.09. The molecule has 1 N–H and O–H groups in total. The number of hydrogen-bond donors (Lipinski definition) is 1. The largest absolute Gasteiger partial charge is 0.494 e. The van der Waals surface area contributed by atoms with Gasteiger partial charge in [0, 0.05) is 17.9 Å². The van der Waals surface area contributed by atoms with Gasteiger partial charge in [-0.3, -0.25) is 9.59 Å². The van der Waals surface area contributed by atoms with Gasteiger partial charge in [-0.2, -0.15) is 0 Å². The molecule has 0 aromatic heterocycles. The number of carboxylic acids is 1. The van der Waals surface area contributed by atoms with Crippen LogP contribution in [0.5, 0.6) is 5.75 Å². The Morgan fingerprint density at radius 3 is 2.50 bits per heavy atom. The first kappa shape index (κ1) is 16.2. The lowest BCUT2D eigenvalue weighted by Gasteiger charge is -2.11. The monoisotopic (exact) mass is 278 g/mol. The Hall–Kier alpha value is -1.84. The van der Waals surface area contributed by atoms with Crippen LogP contribution in [0.3, 0.4) is 0 Å². The predicted molar refractivity (Wildman–Crippen MR) is 77.3 cm³/mol. The second-order valence-corrected chi connectivity index (χ2v) is 5.19. The molecule has 0 aliphatic heterocycles. The highest BCUT2D eigenvalue weighted by atomic mass is 16.5. The van der Waals surface area contributed by atoms with Crippen LogP contribution in [0.1, 0.15) is 49.0 Å². The van der Waals surface area contributed by atoms with Gasteiger partial charge in [0.25, 0.3) is 0 Å². The lowest BCUT2D eigenvalue weighted by atomic mass is 9.97. The maximum absolute atomic E-state index is 11.9. The number of carboxylic acid groups (broad SMARTS) is 1. The highest BCUT2D eigenvalue weighted by molar-refractivity contribution is 5.98. The van der Waals surface area contributed by atoms with Gasteiger partial charge in [-0.15, -0.1) is 0 Å². The third-order valence-corrected chi connectivity index (χ3v) is 3.04. The Labute approximate surface area is 119 Å². The van der Waals surface area contributed by atoms with Gasteiger partial charge in [0.15, 0.2) is 5.78 Å². The molecule has 0 unspecified atom stereocenters. The van der Waals surface area contributed by atoms with Crippen molar-refractivity contribution in [2.45, 2.75) is 40.0 Å². The van der Waals surface area contributed by atoms with E-state index in [1.807, 2.05) is 26.8 Å². The first-order chi connectivity index (χ1) is 9.41. The zero-order valence-electron chi connectivity index (χ0n) is 12.3. The van der Waals surface area contributed by atoms with Crippen molar-refractivity contribution in [2.75, 3.05) is 6.61 Å². The van der Waals surface area contributed by atoms with Crippen LogP contribution in [0.2, 0.25) is 0 Å². The van der Waals surface area contributed by atoms with Gasteiger partial charge >= 0.3 is 5.97 Å². The summed E-state index contributed by atoms with van der Waals surface area (Å²) in [6.45, 7) is 6.15. The van der Waals surface area contributed by atoms with Gasteiger partial charge in [-0.25, -0.2) is 0 Å². The van der Waals surface area contributed by atoms with Gasteiger partial charge in [0.1, 0.15) is 5.75 Å². The summed E-state index contributed by atoms with van der Waals surface area (Å²) in [6.07, 6.45) is 1.49. The van der Waals surface area contributed by atoms with Gasteiger partial charge < -0.3 is 9.84 Å². The molecule has 0 aliphatic rings. The molecule has 1 aromatic carbocycles. The molecule has 110 valence electrons. The number of Topliss-reactive ketones (excluding diaryl/α,β-unsaturated/α-hetero) is 1. The number of aryl methyl sites for hydroxylation is 1. The van der Waals surface area contributed by atoms with E-state index < -0.39 is 5.97 Å². The molecule has 0 fully saturated rings. The number of benzene rings is 1. The van der Waals surface area contributed by atoms with Crippen LogP contribution in [-0.4, -0.2) is 23.5 Å². The molecule has 1 rings (SSSR count). The van der Waals surface area contributed by atoms with Crippen molar-refractivity contribution in [2.24, 2.45) is 5.92 Å². The predicted octanol–water partition coefficient (Wildman–Crippen LogP) is 3.47. The molecule has 4 nitrogen and oxygen atoms in total. The van der Waals surface area contributed by atoms with Crippen LogP contribution in [0, 0.1) is 12.8 Å². The molecule has 0 radical (unpaired) electrons. The van der Waals surface area contributed by atoms with Gasteiger partial charge in [0.2, 0.25) is 0 Å². The molecule has 0 saturated carbocycles. The average molecular weight is 278 g/mol. The fourth-order valence-electron chi connectivity index (χ4n) is 1.88. The van der Waals surface area contributed by atoms with Crippen molar-refractivity contribution in [3.63, 3.8) is 0 Å². The van der Waals surface area contributed by atoms with E-state index in [4.69, 9.17) is 9.84 Å². The number of rotatable bonds is 8. The summed E-state index contributed by atoms with van der Waals surface area (Å²) in [5.41, 5.74) is 1.64. The van der Waals surface area contributed by atoms with Crippen molar-refractivity contribution < 1.29 is 19.4 Å². The number of unbranched alkanes of at least 4 members (excludes halogenated alkanes) is 1. The summed E-state index contributed by atoms with van der Waals surface area (Å²) in [4.78, 5) is 22.3. The fourth-order valence-corrected chi connectivity index (χ4v) is 1.88. The Balaban J connectivity index is 2.51. The minimum atomic E-state index is -0.780. The molecule has 0 heterocycles. The van der Waals surface area contributed by atoms with E-state index in [0.29, 0.717) is 19.4 Å². The van der Waals surface area contributed by atoms with E-state index >= 15 is 0 Å². The Morgan fingerprint density at radius 1 is 1.25 bits per heavy atom. The molecule has 0 amide bonds. The minimum Gasteiger partial charge on any atom is -0.494 e. The summed E-state index contributed by atoms with van der Waals surface area (Å²) in [5, 5.41) is 8.52. The van der Waals surface area contributed by atoms with Crippen molar-refractivity contribution in [3.8, 4) is 5.75 Å². The van der Waals surface area contributed by atoms with E-state index in [9.17, 15) is 9.59 Å². The van der Waals surface area contributed by atoms with Crippen molar-refractivity contribution in [1.82, 2.24) is 0 Å². The third-order valence-electron chi connectivity index (χ3n) is 3.04. The van der Waals surface area contributed by atoms with Crippen LogP contribution >= 0.6 is 0 Å². The topological polar surface area (TPSA) is 63.6 Å². The first-order valence-corrected chi connectivity index (χ1v) is 6.91. The fraction of sp³-hybridized carbons (Fsp3) is 0.500. The highest BCUT2D eigenvalue weighted by Gasteiger charge is 2.13. The maximum atomic E-state index is 11.9. The SMILES string of the molecule is Cc1cc(OCCCCC(=O)O)ccc1C(=O)C(C)C. The second kappa shape index (κ2) is 7.68. The van der Waals surface area contributed by atoms with E-state index in [1.54, 1.807) is 12.1 Å². The number of ketones is 1. The zero-order valence-corrected chi connectivity index (χ0v) is 12.3. The number of aliphatic carboxylic acids is 1. The standard InChI is InChI=1S/C16H22O4/c1-11(2)16(19)14-8-7-13(10-12(14)3)20-9-5-4-6-15(17)18/h7-8,10-11H,4-6,9H2,1-3H3,(H,17,18). The van der Waals surface area contributed by atoms with E-state index in [1.165, 1.54) is 0 Å². The number of carbonyl (C=O) groups is 2. The van der Waals surface area contributed by atoms with Crippen molar-refractivity contribution in [3.05, 3.63) is 29.3 Å². The first-order valence-electron chi connectivity index (χ1n) is 6.91. The summed E-state index contributed by atoms with van der Waals surface area (Å²) in [6, 6.07) is 5.44. The Bertz CT molecular complexity index is 477. The van der Waals surface area contributed by atoms with Gasteiger partial charge in [-0.1, -0.05) is 13.8 Å². The normalized spacial score (nSPS) is 10.6. The minimum absolute atomic E-state index is 0.0171. The summed E-state index contributed by atoms with van der Waals surface area (Å²) in [5.74, 6) is 0.0579. The highest BCUT2D eigenvalue weighted by Crippen LogP contribution is 2.20. The number of ether oxygens (including phenoxy) is 1. The van der Waals surface area contributed by atoms with E-state index in [0.717, 1.165) is 16.9 Å². The molecule has 1 aromatic rings. The molecule has 4 heteroatoms. The Kier molecular flexibility index (Phi) is 6.22. The molecule has 20 heavy (non-hydrogen) atoms. The average Bonchev–Trinajstić information content (AvgIpc) is 2.37. The van der Waals surface area contributed by atoms with Crippen LogP contribution in [0.15, 0.2) is 18.2 Å². The summed E-state index contributed by atoms with van der Waals surface area (Å²) < 4.78 is 5.56. The van der Waals surface area contributed by atoms with Gasteiger partial charge in [-0.05, 0) is 43.5 Å². The summed E-state index contributed by atoms with van der Waals surface area (Å²) in [7, 11) is 0. The third kappa shape index (κ3) is 5.03. The molecular formula is C16H22O4. The van der Waals surface area contributed by atoms with E-state index in [-0.39, 0.29) is 18.1 Å². The lowest BCUT2D eigenvalue weighted by molar-refractivity contribution is -0.137. The Morgan fingerprint density at radius 2 is 1.95 bits per heavy atom. The van der Waals surface area contributed by atoms with Crippen LogP contribution in [-0.2, 0) is 4.79 Å². The molecule has 0 aliphatic carbocycles. The maximum Gasteiger partial charge on any atom is 0.303 e. The molecule has 0 atom stereocenters. The van der Waals surface area contributed by atoms with E-state index in [2.05, 4.69) is 0 Å².